The third kappa shape index (κ3) is 2.69. The van der Waals surface area contributed by atoms with Gasteiger partial charge >= 0.3 is 0 Å². The van der Waals surface area contributed by atoms with Gasteiger partial charge in [0.1, 0.15) is 11.3 Å². The van der Waals surface area contributed by atoms with E-state index in [2.05, 4.69) is 4.98 Å². The third-order valence-corrected chi connectivity index (χ3v) is 4.29. The highest BCUT2D eigenvalue weighted by Gasteiger charge is 2.11. The number of oxazole rings is 1. The molecule has 0 fully saturated rings. The smallest absolute Gasteiger partial charge is 0.208 e. The maximum Gasteiger partial charge on any atom is 0.208 e. The third-order valence-electron chi connectivity index (χ3n) is 2.77. The van der Waals surface area contributed by atoms with E-state index in [4.69, 9.17) is 21.8 Å². The van der Waals surface area contributed by atoms with Crippen LogP contribution in [0, 0.1) is 0 Å². The van der Waals surface area contributed by atoms with E-state index < -0.39 is 10.8 Å². The molecule has 0 aliphatic rings. The molecule has 0 saturated heterocycles. The summed E-state index contributed by atoms with van der Waals surface area (Å²) in [5.74, 6) is 0.624. The molecule has 2 N–H and O–H groups in total. The van der Waals surface area contributed by atoms with Crippen molar-refractivity contribution >= 4 is 39.2 Å². The Balaban J connectivity index is 1.87. The van der Waals surface area contributed by atoms with Crippen LogP contribution < -0.4 is 5.73 Å². The van der Waals surface area contributed by atoms with Crippen LogP contribution in [-0.4, -0.2) is 9.19 Å². The number of nitrogens with two attached hydrogens (primary N) is 1. The normalized spacial score (nSPS) is 12.7. The molecule has 1 atom stereocenters. The second-order valence-corrected chi connectivity index (χ2v) is 6.17. The number of nitrogen functional groups attached to an aromatic ring is 1. The standard InChI is InChI=1S/C14H11ClN2O2S/c15-9-2-1-3-11(6-9)20(18)8-14-17-12-7-10(16)4-5-13(12)19-14/h1-7H,8,16H2. The molecule has 0 spiro atoms. The van der Waals surface area contributed by atoms with E-state index in [1.165, 1.54) is 0 Å². The lowest BCUT2D eigenvalue weighted by Gasteiger charge is -1.99. The number of nitrogens with zero attached hydrogens (tertiary/aromatic N) is 1. The number of halogens is 1. The summed E-state index contributed by atoms with van der Waals surface area (Å²) < 4.78 is 17.8. The van der Waals surface area contributed by atoms with Gasteiger partial charge in [0.25, 0.3) is 0 Å². The van der Waals surface area contributed by atoms with Crippen molar-refractivity contribution in [3.8, 4) is 0 Å². The Bertz CT molecular complexity index is 801. The number of anilines is 1. The monoisotopic (exact) mass is 306 g/mol. The first-order chi connectivity index (χ1) is 9.61. The van der Waals surface area contributed by atoms with Gasteiger partial charge in [0.05, 0.1) is 10.8 Å². The Morgan fingerprint density at radius 3 is 2.90 bits per heavy atom. The summed E-state index contributed by atoms with van der Waals surface area (Å²) in [6.07, 6.45) is 0. The van der Waals surface area contributed by atoms with Crippen LogP contribution in [-0.2, 0) is 16.6 Å². The number of fused-ring (bicyclic) bond motifs is 1. The van der Waals surface area contributed by atoms with Crippen molar-refractivity contribution < 1.29 is 8.63 Å². The van der Waals surface area contributed by atoms with Crippen LogP contribution in [0.5, 0.6) is 0 Å². The van der Waals surface area contributed by atoms with Gasteiger partial charge < -0.3 is 10.2 Å². The van der Waals surface area contributed by atoms with E-state index in [-0.39, 0.29) is 5.75 Å². The van der Waals surface area contributed by atoms with Crippen LogP contribution in [0.4, 0.5) is 5.69 Å². The van der Waals surface area contributed by atoms with Crippen molar-refractivity contribution in [1.29, 1.82) is 0 Å². The zero-order valence-electron chi connectivity index (χ0n) is 10.4. The van der Waals surface area contributed by atoms with Crippen LogP contribution in [0.25, 0.3) is 11.1 Å². The zero-order chi connectivity index (χ0) is 14.1. The molecule has 1 aromatic heterocycles. The molecule has 1 heterocycles. The van der Waals surface area contributed by atoms with Crippen LogP contribution >= 0.6 is 11.6 Å². The van der Waals surface area contributed by atoms with Crippen molar-refractivity contribution in [1.82, 2.24) is 4.98 Å². The van der Waals surface area contributed by atoms with E-state index in [0.717, 1.165) is 0 Å². The van der Waals surface area contributed by atoms with Crippen molar-refractivity contribution in [2.45, 2.75) is 10.6 Å². The minimum absolute atomic E-state index is 0.203. The van der Waals surface area contributed by atoms with E-state index in [1.807, 2.05) is 0 Å². The molecule has 20 heavy (non-hydrogen) atoms. The Morgan fingerprint density at radius 1 is 1.25 bits per heavy atom. The number of benzene rings is 2. The fourth-order valence-electron chi connectivity index (χ4n) is 1.86. The number of aromatic nitrogens is 1. The second-order valence-electron chi connectivity index (χ2n) is 4.28. The van der Waals surface area contributed by atoms with Gasteiger partial charge in [-0.15, -0.1) is 0 Å². The van der Waals surface area contributed by atoms with E-state index in [9.17, 15) is 4.21 Å². The summed E-state index contributed by atoms with van der Waals surface area (Å²) in [6, 6.07) is 12.2. The lowest BCUT2D eigenvalue weighted by atomic mass is 10.3. The molecular formula is C14H11ClN2O2S. The zero-order valence-corrected chi connectivity index (χ0v) is 11.9. The molecular weight excluding hydrogens is 296 g/mol. The molecule has 3 aromatic rings. The molecule has 0 amide bonds. The van der Waals surface area contributed by atoms with Crippen LogP contribution in [0.3, 0.4) is 0 Å². The highest BCUT2D eigenvalue weighted by atomic mass is 35.5. The SMILES string of the molecule is Nc1ccc2oc(CS(=O)c3cccc(Cl)c3)nc2c1. The maximum atomic E-state index is 12.2. The first-order valence-electron chi connectivity index (χ1n) is 5.91. The molecule has 3 rings (SSSR count). The fourth-order valence-corrected chi connectivity index (χ4v) is 3.12. The highest BCUT2D eigenvalue weighted by Crippen LogP contribution is 2.21. The second kappa shape index (κ2) is 5.26. The van der Waals surface area contributed by atoms with Crippen LogP contribution in [0.15, 0.2) is 51.8 Å². The summed E-state index contributed by atoms with van der Waals surface area (Å²) in [5.41, 5.74) is 7.61. The van der Waals surface area contributed by atoms with Gasteiger partial charge in [0.15, 0.2) is 5.58 Å². The molecule has 4 nitrogen and oxygen atoms in total. The Morgan fingerprint density at radius 2 is 2.10 bits per heavy atom. The van der Waals surface area contributed by atoms with Crippen LogP contribution in [0.1, 0.15) is 5.89 Å². The van der Waals surface area contributed by atoms with Crippen molar-refractivity contribution in [3.05, 3.63) is 53.4 Å². The summed E-state index contributed by atoms with van der Waals surface area (Å²) in [5, 5.41) is 0.557. The van der Waals surface area contributed by atoms with Gasteiger partial charge in [-0.05, 0) is 36.4 Å². The Hall–Kier alpha value is -1.85. The minimum Gasteiger partial charge on any atom is -0.440 e. The predicted molar refractivity (Wildman–Crippen MR) is 80.0 cm³/mol. The first-order valence-corrected chi connectivity index (χ1v) is 7.60. The number of hydrogen-bond acceptors (Lipinski definition) is 4. The molecule has 0 bridgehead atoms. The maximum absolute atomic E-state index is 12.2. The molecule has 2 aromatic carbocycles. The first kappa shape index (κ1) is 13.1. The minimum atomic E-state index is -1.25. The molecule has 102 valence electrons. The average molecular weight is 307 g/mol. The van der Waals surface area contributed by atoms with E-state index in [1.54, 1.807) is 42.5 Å². The van der Waals surface area contributed by atoms with Gasteiger partial charge in [-0.1, -0.05) is 17.7 Å². The van der Waals surface area contributed by atoms with Gasteiger partial charge in [0, 0.05) is 15.6 Å². The van der Waals surface area contributed by atoms with Crippen LogP contribution in [0.2, 0.25) is 5.02 Å². The molecule has 6 heteroatoms. The van der Waals surface area contributed by atoms with Crippen molar-refractivity contribution in [2.75, 3.05) is 5.73 Å². The molecule has 1 unspecified atom stereocenters. The average Bonchev–Trinajstić information content (AvgIpc) is 2.80. The van der Waals surface area contributed by atoms with Crippen molar-refractivity contribution in [3.63, 3.8) is 0 Å². The van der Waals surface area contributed by atoms with Crippen molar-refractivity contribution in [2.24, 2.45) is 0 Å². The van der Waals surface area contributed by atoms with Gasteiger partial charge in [-0.3, -0.25) is 4.21 Å². The summed E-state index contributed by atoms with van der Waals surface area (Å²) >= 11 is 5.89. The molecule has 0 saturated carbocycles. The topological polar surface area (TPSA) is 69.1 Å². The predicted octanol–water partition coefficient (Wildman–Crippen LogP) is 3.37. The fraction of sp³-hybridized carbons (Fsp3) is 0.0714. The number of rotatable bonds is 3. The highest BCUT2D eigenvalue weighted by molar-refractivity contribution is 7.84. The van der Waals surface area contributed by atoms with Gasteiger partial charge in [-0.2, -0.15) is 0 Å². The lowest BCUT2D eigenvalue weighted by Crippen LogP contribution is -1.96. The Kier molecular flexibility index (Phi) is 3.46. The van der Waals surface area contributed by atoms with E-state index >= 15 is 0 Å². The molecule has 0 aliphatic carbocycles. The molecule has 0 radical (unpaired) electrons. The van der Waals surface area contributed by atoms with E-state index in [0.29, 0.717) is 32.6 Å². The Labute approximate surface area is 123 Å². The summed E-state index contributed by atoms with van der Waals surface area (Å²) in [6.45, 7) is 0. The molecule has 0 aliphatic heterocycles. The van der Waals surface area contributed by atoms with Gasteiger partial charge in [-0.25, -0.2) is 4.98 Å². The number of hydrogen-bond donors (Lipinski definition) is 1. The van der Waals surface area contributed by atoms with Gasteiger partial charge in [0.2, 0.25) is 5.89 Å². The summed E-state index contributed by atoms with van der Waals surface area (Å²) in [4.78, 5) is 4.94. The lowest BCUT2D eigenvalue weighted by molar-refractivity contribution is 0.552. The summed E-state index contributed by atoms with van der Waals surface area (Å²) in [7, 11) is -1.25. The largest absolute Gasteiger partial charge is 0.440 e. The quantitative estimate of drug-likeness (QED) is 0.753.